The van der Waals surface area contributed by atoms with E-state index in [9.17, 15) is 4.79 Å². The van der Waals surface area contributed by atoms with E-state index in [4.69, 9.17) is 17.0 Å². The van der Waals surface area contributed by atoms with Gasteiger partial charge in [-0.05, 0) is 56.5 Å². The van der Waals surface area contributed by atoms with Gasteiger partial charge in [0.05, 0.1) is 12.2 Å². The molecule has 1 saturated heterocycles. The van der Waals surface area contributed by atoms with Gasteiger partial charge in [-0.1, -0.05) is 6.42 Å². The van der Waals surface area contributed by atoms with Crippen LogP contribution in [0.5, 0.6) is 0 Å². The van der Waals surface area contributed by atoms with Gasteiger partial charge >= 0.3 is 5.97 Å². The fourth-order valence-corrected chi connectivity index (χ4v) is 5.62. The van der Waals surface area contributed by atoms with Crippen molar-refractivity contribution < 1.29 is 9.53 Å². The molecule has 0 spiro atoms. The van der Waals surface area contributed by atoms with Crippen molar-refractivity contribution >= 4 is 45.6 Å². The van der Waals surface area contributed by atoms with E-state index in [0.29, 0.717) is 17.3 Å². The first-order valence-corrected chi connectivity index (χ1v) is 11.8. The van der Waals surface area contributed by atoms with Gasteiger partial charge in [0, 0.05) is 43.4 Å². The first-order chi connectivity index (χ1) is 14.7. The molecule has 4 rings (SSSR count). The minimum atomic E-state index is -0.242. The van der Waals surface area contributed by atoms with Crippen LogP contribution in [0, 0.1) is 0 Å². The number of hydrogen-bond donors (Lipinski definition) is 1. The molecule has 1 aliphatic heterocycles. The Balaban J connectivity index is 1.46. The number of thiocarbonyl (C=S) groups is 1. The lowest BCUT2D eigenvalue weighted by Gasteiger charge is -2.36. The van der Waals surface area contributed by atoms with Gasteiger partial charge in [-0.2, -0.15) is 0 Å². The highest BCUT2D eigenvalue weighted by atomic mass is 32.1. The van der Waals surface area contributed by atoms with Crippen molar-refractivity contribution in [2.45, 2.75) is 39.0 Å². The predicted octanol–water partition coefficient (Wildman–Crippen LogP) is 3.50. The molecule has 0 bridgehead atoms. The van der Waals surface area contributed by atoms with Crippen LogP contribution in [0.1, 0.15) is 47.0 Å². The molecule has 2 aliphatic rings. The lowest BCUT2D eigenvalue weighted by atomic mass is 10.1. The monoisotopic (exact) mass is 445 g/mol. The van der Waals surface area contributed by atoms with E-state index in [0.717, 1.165) is 62.0 Å². The van der Waals surface area contributed by atoms with Crippen molar-refractivity contribution in [1.82, 2.24) is 14.9 Å². The largest absolute Gasteiger partial charge is 0.462 e. The summed E-state index contributed by atoms with van der Waals surface area (Å²) in [5.74, 6) is 0.510. The SMILES string of the molecule is CCOC(=O)c1c(NC(=S)N2CCN(c3ncccn3)CC2)sc2c1CCCCC2. The minimum absolute atomic E-state index is 0.242. The third-order valence-corrected chi connectivity index (χ3v) is 7.09. The van der Waals surface area contributed by atoms with Gasteiger partial charge in [-0.3, -0.25) is 0 Å². The quantitative estimate of drug-likeness (QED) is 0.436. The van der Waals surface area contributed by atoms with Crippen molar-refractivity contribution in [3.63, 3.8) is 0 Å². The molecule has 2 aromatic rings. The Morgan fingerprint density at radius 3 is 2.63 bits per heavy atom. The zero-order chi connectivity index (χ0) is 20.9. The second kappa shape index (κ2) is 9.70. The maximum atomic E-state index is 12.7. The Morgan fingerprint density at radius 1 is 1.17 bits per heavy atom. The van der Waals surface area contributed by atoms with Gasteiger partial charge in [-0.15, -0.1) is 11.3 Å². The molecule has 2 aromatic heterocycles. The van der Waals surface area contributed by atoms with Crippen molar-refractivity contribution in [2.75, 3.05) is 43.0 Å². The highest BCUT2D eigenvalue weighted by Gasteiger charge is 2.27. The Bertz CT molecular complexity index is 894. The summed E-state index contributed by atoms with van der Waals surface area (Å²) in [6.07, 6.45) is 8.98. The topological polar surface area (TPSA) is 70.6 Å². The predicted molar refractivity (Wildman–Crippen MR) is 124 cm³/mol. The first-order valence-electron chi connectivity index (χ1n) is 10.6. The molecule has 1 N–H and O–H groups in total. The first kappa shape index (κ1) is 21.0. The molecule has 3 heterocycles. The van der Waals surface area contributed by atoms with Crippen molar-refractivity contribution in [1.29, 1.82) is 0 Å². The number of esters is 1. The number of carbonyl (C=O) groups is 1. The lowest BCUT2D eigenvalue weighted by Crippen LogP contribution is -2.50. The molecule has 0 aromatic carbocycles. The Hall–Kier alpha value is -2.26. The molecule has 1 fully saturated rings. The number of anilines is 2. The lowest BCUT2D eigenvalue weighted by molar-refractivity contribution is 0.0527. The van der Waals surface area contributed by atoms with Crippen LogP contribution in [0.4, 0.5) is 10.9 Å². The Morgan fingerprint density at radius 2 is 1.90 bits per heavy atom. The molecule has 160 valence electrons. The van der Waals surface area contributed by atoms with Crippen LogP contribution in [-0.4, -0.2) is 58.7 Å². The van der Waals surface area contributed by atoms with Crippen LogP contribution >= 0.6 is 23.6 Å². The average molecular weight is 446 g/mol. The maximum absolute atomic E-state index is 12.7. The number of hydrogen-bond acceptors (Lipinski definition) is 7. The van der Waals surface area contributed by atoms with Crippen LogP contribution < -0.4 is 10.2 Å². The van der Waals surface area contributed by atoms with Crippen molar-refractivity contribution in [2.24, 2.45) is 0 Å². The van der Waals surface area contributed by atoms with Crippen LogP contribution in [0.15, 0.2) is 18.5 Å². The van der Waals surface area contributed by atoms with Crippen LogP contribution in [0.3, 0.4) is 0 Å². The summed E-state index contributed by atoms with van der Waals surface area (Å²) in [6, 6.07) is 1.82. The van der Waals surface area contributed by atoms with E-state index in [1.165, 1.54) is 17.7 Å². The molecular weight excluding hydrogens is 418 g/mol. The molecule has 30 heavy (non-hydrogen) atoms. The van der Waals surface area contributed by atoms with Crippen LogP contribution in [0.25, 0.3) is 0 Å². The number of fused-ring (bicyclic) bond motifs is 1. The Labute approximate surface area is 186 Å². The van der Waals surface area contributed by atoms with E-state index < -0.39 is 0 Å². The van der Waals surface area contributed by atoms with Gasteiger partial charge in [0.2, 0.25) is 5.95 Å². The third-order valence-electron chi connectivity index (χ3n) is 5.52. The van der Waals surface area contributed by atoms with E-state index >= 15 is 0 Å². The zero-order valence-electron chi connectivity index (χ0n) is 17.2. The number of aromatic nitrogens is 2. The van der Waals surface area contributed by atoms with Crippen molar-refractivity contribution in [3.8, 4) is 0 Å². The molecule has 9 heteroatoms. The standard InChI is InChI=1S/C21H27N5O2S2/c1-2-28-19(27)17-15-7-4-3-5-8-16(15)30-18(17)24-21(29)26-13-11-25(12-14-26)20-22-9-6-10-23-20/h6,9-10H,2-5,7-8,11-14H2,1H3,(H,24,29). The molecule has 0 unspecified atom stereocenters. The van der Waals surface area contributed by atoms with Gasteiger partial charge in [0.25, 0.3) is 0 Å². The van der Waals surface area contributed by atoms with Crippen LogP contribution in [-0.2, 0) is 17.6 Å². The van der Waals surface area contributed by atoms with Gasteiger partial charge in [-0.25, -0.2) is 14.8 Å². The number of aryl methyl sites for hydroxylation is 1. The molecule has 1 aliphatic carbocycles. The number of nitrogens with zero attached hydrogens (tertiary/aromatic N) is 4. The third kappa shape index (κ3) is 4.57. The summed E-state index contributed by atoms with van der Waals surface area (Å²) < 4.78 is 5.37. The number of nitrogens with one attached hydrogen (secondary N) is 1. The normalized spacial score (nSPS) is 16.6. The van der Waals surface area contributed by atoms with E-state index in [1.54, 1.807) is 23.7 Å². The fourth-order valence-electron chi connectivity index (χ4n) is 3.99. The summed E-state index contributed by atoms with van der Waals surface area (Å²) in [5, 5.41) is 4.87. The van der Waals surface area contributed by atoms with Crippen LogP contribution in [0.2, 0.25) is 0 Å². The minimum Gasteiger partial charge on any atom is -0.462 e. The van der Waals surface area contributed by atoms with E-state index in [1.807, 2.05) is 13.0 Å². The number of rotatable bonds is 4. The molecule has 0 saturated carbocycles. The number of thiophene rings is 1. The second-order valence-electron chi connectivity index (χ2n) is 7.44. The zero-order valence-corrected chi connectivity index (χ0v) is 18.9. The fraction of sp³-hybridized carbons (Fsp3) is 0.524. The van der Waals surface area contributed by atoms with E-state index in [-0.39, 0.29) is 5.97 Å². The molecule has 0 radical (unpaired) electrons. The summed E-state index contributed by atoms with van der Waals surface area (Å²) in [4.78, 5) is 27.0. The molecule has 7 nitrogen and oxygen atoms in total. The highest BCUT2D eigenvalue weighted by molar-refractivity contribution is 7.80. The number of piperazine rings is 1. The van der Waals surface area contributed by atoms with Gasteiger partial charge in [0.1, 0.15) is 5.00 Å². The number of carbonyl (C=O) groups excluding carboxylic acids is 1. The summed E-state index contributed by atoms with van der Waals surface area (Å²) >= 11 is 7.37. The van der Waals surface area contributed by atoms with Crippen molar-refractivity contribution in [3.05, 3.63) is 34.5 Å². The second-order valence-corrected chi connectivity index (χ2v) is 8.93. The number of ether oxygens (including phenoxy) is 1. The maximum Gasteiger partial charge on any atom is 0.341 e. The average Bonchev–Trinajstić information content (AvgIpc) is 2.95. The Kier molecular flexibility index (Phi) is 6.79. The summed E-state index contributed by atoms with van der Waals surface area (Å²) in [6.45, 7) is 5.39. The van der Waals surface area contributed by atoms with E-state index in [2.05, 4.69) is 25.1 Å². The highest BCUT2D eigenvalue weighted by Crippen LogP contribution is 2.38. The molecule has 0 amide bonds. The summed E-state index contributed by atoms with van der Waals surface area (Å²) in [7, 11) is 0. The molecular formula is C21H27N5O2S2. The summed E-state index contributed by atoms with van der Waals surface area (Å²) in [5.41, 5.74) is 1.85. The smallest absolute Gasteiger partial charge is 0.341 e. The van der Waals surface area contributed by atoms with Gasteiger partial charge in [0.15, 0.2) is 5.11 Å². The molecule has 0 atom stereocenters. The van der Waals surface area contributed by atoms with Gasteiger partial charge < -0.3 is 19.9 Å².